The lowest BCUT2D eigenvalue weighted by Crippen LogP contribution is -2.28. The van der Waals surface area contributed by atoms with Gasteiger partial charge in [-0.1, -0.05) is 29.8 Å². The number of hydrogen-bond acceptors (Lipinski definition) is 1. The molecule has 0 heterocycles. The van der Waals surface area contributed by atoms with E-state index in [-0.39, 0.29) is 11.9 Å². The van der Waals surface area contributed by atoms with Crippen LogP contribution in [0, 0.1) is 11.7 Å². The largest absolute Gasteiger partial charge is 0.327 e. The lowest BCUT2D eigenvalue weighted by atomic mass is 9.93. The standard InChI is InChI=1S/C12H17BrFN/c1-3-12(15)8(2)6-9-7-10(13)4-5-11(9)14/h4-5,7-8,12H,3,6,15H2,1-2H3. The Morgan fingerprint density at radius 3 is 2.73 bits per heavy atom. The van der Waals surface area contributed by atoms with Gasteiger partial charge in [0.1, 0.15) is 5.82 Å². The molecule has 2 atom stereocenters. The number of hydrogen-bond donors (Lipinski definition) is 1. The molecule has 1 aromatic rings. The van der Waals surface area contributed by atoms with Crippen molar-refractivity contribution in [3.05, 3.63) is 34.1 Å². The molecule has 0 aliphatic heterocycles. The molecule has 0 saturated heterocycles. The smallest absolute Gasteiger partial charge is 0.126 e. The summed E-state index contributed by atoms with van der Waals surface area (Å²) in [6.07, 6.45) is 1.62. The van der Waals surface area contributed by atoms with Crippen molar-refractivity contribution in [1.29, 1.82) is 0 Å². The molecule has 0 aliphatic carbocycles. The zero-order valence-electron chi connectivity index (χ0n) is 9.13. The summed E-state index contributed by atoms with van der Waals surface area (Å²) in [5.74, 6) is 0.159. The SMILES string of the molecule is CCC(N)C(C)Cc1cc(Br)ccc1F. The highest BCUT2D eigenvalue weighted by atomic mass is 79.9. The van der Waals surface area contributed by atoms with Gasteiger partial charge in [-0.15, -0.1) is 0 Å². The van der Waals surface area contributed by atoms with Gasteiger partial charge < -0.3 is 5.73 Å². The van der Waals surface area contributed by atoms with Crippen molar-refractivity contribution in [2.45, 2.75) is 32.7 Å². The highest BCUT2D eigenvalue weighted by Crippen LogP contribution is 2.20. The Hall–Kier alpha value is -0.410. The Kier molecular flexibility index (Phi) is 4.74. The Morgan fingerprint density at radius 1 is 1.47 bits per heavy atom. The van der Waals surface area contributed by atoms with Crippen LogP contribution in [-0.4, -0.2) is 6.04 Å². The second-order valence-electron chi connectivity index (χ2n) is 3.99. The molecule has 0 bridgehead atoms. The Morgan fingerprint density at radius 2 is 2.13 bits per heavy atom. The van der Waals surface area contributed by atoms with Crippen molar-refractivity contribution in [2.24, 2.45) is 11.7 Å². The Bertz CT molecular complexity index is 327. The first-order valence-corrected chi connectivity index (χ1v) is 6.03. The van der Waals surface area contributed by atoms with E-state index < -0.39 is 0 Å². The van der Waals surface area contributed by atoms with Gasteiger partial charge in [0, 0.05) is 10.5 Å². The molecule has 0 amide bonds. The lowest BCUT2D eigenvalue weighted by Gasteiger charge is -2.18. The van der Waals surface area contributed by atoms with Crippen LogP contribution >= 0.6 is 15.9 Å². The van der Waals surface area contributed by atoms with Crippen LogP contribution in [0.5, 0.6) is 0 Å². The van der Waals surface area contributed by atoms with E-state index in [9.17, 15) is 4.39 Å². The maximum absolute atomic E-state index is 13.4. The van der Waals surface area contributed by atoms with Crippen molar-refractivity contribution in [1.82, 2.24) is 0 Å². The quantitative estimate of drug-likeness (QED) is 0.893. The molecule has 0 spiro atoms. The zero-order valence-corrected chi connectivity index (χ0v) is 10.7. The highest BCUT2D eigenvalue weighted by molar-refractivity contribution is 9.10. The fourth-order valence-corrected chi connectivity index (χ4v) is 2.01. The van der Waals surface area contributed by atoms with E-state index in [2.05, 4.69) is 29.8 Å². The minimum atomic E-state index is -0.145. The van der Waals surface area contributed by atoms with E-state index in [0.717, 1.165) is 16.5 Å². The Labute approximate surface area is 99.0 Å². The summed E-state index contributed by atoms with van der Waals surface area (Å²) in [6, 6.07) is 5.17. The average Bonchev–Trinajstić information content (AvgIpc) is 2.22. The molecule has 15 heavy (non-hydrogen) atoms. The Balaban J connectivity index is 2.75. The van der Waals surface area contributed by atoms with Crippen LogP contribution in [0.15, 0.2) is 22.7 Å². The summed E-state index contributed by atoms with van der Waals surface area (Å²) in [4.78, 5) is 0. The fourth-order valence-electron chi connectivity index (χ4n) is 1.60. The average molecular weight is 274 g/mol. The van der Waals surface area contributed by atoms with E-state index in [4.69, 9.17) is 5.73 Å². The van der Waals surface area contributed by atoms with Crippen LogP contribution in [-0.2, 0) is 6.42 Å². The zero-order chi connectivity index (χ0) is 11.4. The van der Waals surface area contributed by atoms with Gasteiger partial charge in [-0.25, -0.2) is 4.39 Å². The molecule has 2 unspecified atom stereocenters. The number of benzene rings is 1. The van der Waals surface area contributed by atoms with Crippen molar-refractivity contribution < 1.29 is 4.39 Å². The van der Waals surface area contributed by atoms with Crippen LogP contribution < -0.4 is 5.73 Å². The topological polar surface area (TPSA) is 26.0 Å². The van der Waals surface area contributed by atoms with E-state index in [1.54, 1.807) is 6.07 Å². The van der Waals surface area contributed by atoms with Crippen LogP contribution in [0.1, 0.15) is 25.8 Å². The third-order valence-corrected chi connectivity index (χ3v) is 3.25. The van der Waals surface area contributed by atoms with Crippen LogP contribution in [0.4, 0.5) is 4.39 Å². The first-order valence-electron chi connectivity index (χ1n) is 5.24. The second-order valence-corrected chi connectivity index (χ2v) is 4.90. The van der Waals surface area contributed by atoms with Gasteiger partial charge in [0.2, 0.25) is 0 Å². The molecule has 0 fully saturated rings. The van der Waals surface area contributed by atoms with Gasteiger partial charge in [-0.05, 0) is 42.5 Å². The molecule has 0 radical (unpaired) electrons. The molecule has 2 N–H and O–H groups in total. The third-order valence-electron chi connectivity index (χ3n) is 2.75. The molecular weight excluding hydrogens is 257 g/mol. The van der Waals surface area contributed by atoms with E-state index >= 15 is 0 Å². The van der Waals surface area contributed by atoms with Crippen LogP contribution in [0.25, 0.3) is 0 Å². The summed E-state index contributed by atoms with van der Waals surface area (Å²) in [7, 11) is 0. The van der Waals surface area contributed by atoms with Gasteiger partial charge in [-0.3, -0.25) is 0 Å². The molecule has 1 aromatic carbocycles. The summed E-state index contributed by atoms with van der Waals surface area (Å²) in [5, 5.41) is 0. The molecule has 3 heteroatoms. The number of nitrogens with two attached hydrogens (primary N) is 1. The van der Waals surface area contributed by atoms with Gasteiger partial charge in [0.15, 0.2) is 0 Å². The van der Waals surface area contributed by atoms with Gasteiger partial charge in [0.25, 0.3) is 0 Å². The molecular formula is C12H17BrFN. The van der Waals surface area contributed by atoms with Crippen molar-refractivity contribution >= 4 is 15.9 Å². The highest BCUT2D eigenvalue weighted by Gasteiger charge is 2.13. The molecule has 84 valence electrons. The maximum Gasteiger partial charge on any atom is 0.126 e. The predicted octanol–water partition coefficient (Wildman–Crippen LogP) is 3.50. The predicted molar refractivity (Wildman–Crippen MR) is 65.2 cm³/mol. The van der Waals surface area contributed by atoms with Gasteiger partial charge in [-0.2, -0.15) is 0 Å². The monoisotopic (exact) mass is 273 g/mol. The summed E-state index contributed by atoms with van der Waals surface area (Å²) in [6.45, 7) is 4.12. The second kappa shape index (κ2) is 5.61. The summed E-state index contributed by atoms with van der Waals surface area (Å²) in [5.41, 5.74) is 6.66. The van der Waals surface area contributed by atoms with E-state index in [0.29, 0.717) is 12.3 Å². The van der Waals surface area contributed by atoms with Gasteiger partial charge >= 0.3 is 0 Å². The molecule has 0 aromatic heterocycles. The number of rotatable bonds is 4. The van der Waals surface area contributed by atoms with Crippen LogP contribution in [0.2, 0.25) is 0 Å². The molecule has 0 saturated carbocycles. The maximum atomic E-state index is 13.4. The van der Waals surface area contributed by atoms with Gasteiger partial charge in [0.05, 0.1) is 0 Å². The lowest BCUT2D eigenvalue weighted by molar-refractivity contribution is 0.434. The van der Waals surface area contributed by atoms with Crippen molar-refractivity contribution in [3.8, 4) is 0 Å². The first-order chi connectivity index (χ1) is 7.04. The molecule has 0 aliphatic rings. The normalized spacial score (nSPS) is 15.0. The number of halogens is 2. The third kappa shape index (κ3) is 3.58. The van der Waals surface area contributed by atoms with E-state index in [1.807, 2.05) is 6.07 Å². The van der Waals surface area contributed by atoms with Crippen molar-refractivity contribution in [2.75, 3.05) is 0 Å². The molecule has 1 nitrogen and oxygen atoms in total. The van der Waals surface area contributed by atoms with E-state index in [1.165, 1.54) is 6.07 Å². The first kappa shape index (κ1) is 12.7. The fraction of sp³-hybridized carbons (Fsp3) is 0.500. The minimum Gasteiger partial charge on any atom is -0.327 e. The minimum absolute atomic E-state index is 0.142. The van der Waals surface area contributed by atoms with Crippen LogP contribution in [0.3, 0.4) is 0 Å². The molecule has 1 rings (SSSR count). The van der Waals surface area contributed by atoms with Crippen molar-refractivity contribution in [3.63, 3.8) is 0 Å². The summed E-state index contributed by atoms with van der Waals surface area (Å²) < 4.78 is 14.3. The summed E-state index contributed by atoms with van der Waals surface area (Å²) >= 11 is 3.34.